The Labute approximate surface area is 117 Å². The molecule has 0 radical (unpaired) electrons. The Morgan fingerprint density at radius 2 is 2.10 bits per heavy atom. The second kappa shape index (κ2) is 5.48. The number of hydrogen-bond acceptors (Lipinski definition) is 4. The van der Waals surface area contributed by atoms with Crippen molar-refractivity contribution in [2.24, 2.45) is 0 Å². The summed E-state index contributed by atoms with van der Waals surface area (Å²) in [7, 11) is -4.15. The molecule has 0 unspecified atom stereocenters. The van der Waals surface area contributed by atoms with Gasteiger partial charge >= 0.3 is 5.97 Å². The summed E-state index contributed by atoms with van der Waals surface area (Å²) in [5.74, 6) is -3.11. The van der Waals surface area contributed by atoms with Crippen molar-refractivity contribution in [2.75, 3.05) is 4.72 Å². The average molecular weight is 317 g/mol. The summed E-state index contributed by atoms with van der Waals surface area (Å²) in [4.78, 5) is 10.1. The fraction of sp³-hybridized carbons (Fsp3) is 0.0909. The minimum atomic E-state index is -4.15. The van der Waals surface area contributed by atoms with Crippen molar-refractivity contribution in [1.82, 2.24) is 9.78 Å². The number of benzene rings is 1. The summed E-state index contributed by atoms with van der Waals surface area (Å²) in [6, 6.07) is 2.37. The van der Waals surface area contributed by atoms with Crippen molar-refractivity contribution >= 4 is 21.7 Å². The number of nitrogens with zero attached hydrogens (tertiary/aromatic N) is 2. The van der Waals surface area contributed by atoms with Crippen molar-refractivity contribution in [3.8, 4) is 0 Å². The van der Waals surface area contributed by atoms with E-state index in [1.165, 1.54) is 0 Å². The number of carboxylic acid groups (broad SMARTS) is 1. The third kappa shape index (κ3) is 3.54. The Balaban J connectivity index is 2.25. The van der Waals surface area contributed by atoms with E-state index in [1.54, 1.807) is 0 Å². The highest BCUT2D eigenvalue weighted by atomic mass is 32.2. The maximum atomic E-state index is 13.4. The molecule has 1 aromatic heterocycles. The highest BCUT2D eigenvalue weighted by molar-refractivity contribution is 7.92. The van der Waals surface area contributed by atoms with Crippen LogP contribution in [0.1, 0.15) is 0 Å². The number of aliphatic carboxylic acids is 1. The second-order valence-corrected chi connectivity index (χ2v) is 5.68. The van der Waals surface area contributed by atoms with Gasteiger partial charge in [-0.1, -0.05) is 0 Å². The van der Waals surface area contributed by atoms with Crippen LogP contribution >= 0.6 is 0 Å². The van der Waals surface area contributed by atoms with Crippen molar-refractivity contribution in [3.63, 3.8) is 0 Å². The van der Waals surface area contributed by atoms with E-state index in [0.29, 0.717) is 6.07 Å². The molecule has 0 atom stereocenters. The van der Waals surface area contributed by atoms with Crippen molar-refractivity contribution in [3.05, 3.63) is 42.2 Å². The van der Waals surface area contributed by atoms with Crippen molar-refractivity contribution in [1.29, 1.82) is 0 Å². The lowest BCUT2D eigenvalue weighted by molar-refractivity contribution is -0.137. The molecule has 2 N–H and O–H groups in total. The molecule has 0 saturated carbocycles. The summed E-state index contributed by atoms with van der Waals surface area (Å²) in [6.45, 7) is -0.513. The van der Waals surface area contributed by atoms with Gasteiger partial charge in [0.2, 0.25) is 0 Å². The van der Waals surface area contributed by atoms with E-state index in [0.717, 1.165) is 29.2 Å². The molecule has 0 fully saturated rings. The minimum Gasteiger partial charge on any atom is -0.480 e. The van der Waals surface area contributed by atoms with Gasteiger partial charge < -0.3 is 5.11 Å². The zero-order chi connectivity index (χ0) is 15.6. The van der Waals surface area contributed by atoms with E-state index in [2.05, 4.69) is 5.10 Å². The fourth-order valence-corrected chi connectivity index (χ4v) is 2.50. The van der Waals surface area contributed by atoms with Gasteiger partial charge in [0.1, 0.15) is 23.1 Å². The van der Waals surface area contributed by atoms with Gasteiger partial charge in [0.05, 0.1) is 11.9 Å². The number of carboxylic acids is 1. The molecule has 112 valence electrons. The van der Waals surface area contributed by atoms with Crippen LogP contribution < -0.4 is 4.72 Å². The van der Waals surface area contributed by atoms with Gasteiger partial charge in [-0.3, -0.25) is 14.2 Å². The molecule has 2 aromatic rings. The Bertz CT molecular complexity index is 789. The molecule has 21 heavy (non-hydrogen) atoms. The Morgan fingerprint density at radius 3 is 2.71 bits per heavy atom. The first-order valence-corrected chi connectivity index (χ1v) is 6.98. The fourth-order valence-electron chi connectivity index (χ4n) is 1.48. The Morgan fingerprint density at radius 1 is 1.38 bits per heavy atom. The third-order valence-electron chi connectivity index (χ3n) is 2.39. The molecule has 10 heteroatoms. The van der Waals surface area contributed by atoms with Gasteiger partial charge in [-0.05, 0) is 12.1 Å². The molecule has 1 aromatic carbocycles. The quantitative estimate of drug-likeness (QED) is 0.858. The molecule has 0 amide bonds. The average Bonchev–Trinajstić information content (AvgIpc) is 2.81. The van der Waals surface area contributed by atoms with E-state index >= 15 is 0 Å². The summed E-state index contributed by atoms with van der Waals surface area (Å²) in [6.07, 6.45) is 1.91. The number of rotatable bonds is 5. The summed E-state index contributed by atoms with van der Waals surface area (Å²) < 4.78 is 52.9. The summed E-state index contributed by atoms with van der Waals surface area (Å²) in [5.41, 5.74) is -0.428. The van der Waals surface area contributed by atoms with Crippen LogP contribution in [0.4, 0.5) is 14.5 Å². The van der Waals surface area contributed by atoms with Crippen LogP contribution in [0, 0.1) is 11.6 Å². The van der Waals surface area contributed by atoms with Crippen LogP contribution in [-0.4, -0.2) is 29.3 Å². The third-order valence-corrected chi connectivity index (χ3v) is 3.71. The van der Waals surface area contributed by atoms with Crippen LogP contribution in [-0.2, 0) is 21.4 Å². The maximum absolute atomic E-state index is 13.4. The number of carbonyl (C=O) groups is 1. The predicted molar refractivity (Wildman–Crippen MR) is 67.0 cm³/mol. The SMILES string of the molecule is O=C(O)Cn1cc(S(=O)(=O)Nc2ccc(F)cc2F)cn1. The van der Waals surface area contributed by atoms with Crippen LogP contribution in [0.5, 0.6) is 0 Å². The molecule has 0 aliphatic carbocycles. The van der Waals surface area contributed by atoms with Crippen LogP contribution in [0.2, 0.25) is 0 Å². The summed E-state index contributed by atoms with van der Waals surface area (Å²) in [5, 5.41) is 12.1. The zero-order valence-corrected chi connectivity index (χ0v) is 11.1. The highest BCUT2D eigenvalue weighted by Gasteiger charge is 2.19. The topological polar surface area (TPSA) is 101 Å². The standard InChI is InChI=1S/C11H9F2N3O4S/c12-7-1-2-10(9(13)3-7)15-21(19,20)8-4-14-16(5-8)6-11(17)18/h1-5,15H,6H2,(H,17,18). The number of halogens is 2. The van der Waals surface area contributed by atoms with E-state index in [1.807, 2.05) is 4.72 Å². The number of anilines is 1. The first-order chi connectivity index (χ1) is 9.78. The molecular formula is C11H9F2N3O4S. The summed E-state index contributed by atoms with van der Waals surface area (Å²) >= 11 is 0. The predicted octanol–water partition coefficient (Wildman–Crippen LogP) is 1.05. The normalized spacial score (nSPS) is 11.3. The number of hydrogen-bond donors (Lipinski definition) is 2. The van der Waals surface area contributed by atoms with Gasteiger partial charge in [0, 0.05) is 12.3 Å². The molecule has 7 nitrogen and oxygen atoms in total. The van der Waals surface area contributed by atoms with Gasteiger partial charge in [-0.25, -0.2) is 17.2 Å². The molecule has 2 rings (SSSR count). The van der Waals surface area contributed by atoms with Crippen molar-refractivity contribution in [2.45, 2.75) is 11.4 Å². The molecule has 0 aliphatic heterocycles. The lowest BCUT2D eigenvalue weighted by Gasteiger charge is -2.07. The molecule has 0 spiro atoms. The molecule has 1 heterocycles. The number of nitrogens with one attached hydrogen (secondary N) is 1. The zero-order valence-electron chi connectivity index (χ0n) is 10.3. The highest BCUT2D eigenvalue weighted by Crippen LogP contribution is 2.19. The maximum Gasteiger partial charge on any atom is 0.325 e. The lowest BCUT2D eigenvalue weighted by Crippen LogP contribution is -2.14. The van der Waals surface area contributed by atoms with E-state index in [4.69, 9.17) is 5.11 Å². The van der Waals surface area contributed by atoms with Gasteiger partial charge in [0.15, 0.2) is 0 Å². The number of aromatic nitrogens is 2. The van der Waals surface area contributed by atoms with E-state index in [-0.39, 0.29) is 4.90 Å². The smallest absolute Gasteiger partial charge is 0.325 e. The largest absolute Gasteiger partial charge is 0.480 e. The monoisotopic (exact) mass is 317 g/mol. The molecule has 0 aliphatic rings. The van der Waals surface area contributed by atoms with E-state index in [9.17, 15) is 22.0 Å². The Hall–Kier alpha value is -2.49. The van der Waals surface area contributed by atoms with E-state index < -0.39 is 39.9 Å². The van der Waals surface area contributed by atoms with Gasteiger partial charge in [-0.2, -0.15) is 5.10 Å². The van der Waals surface area contributed by atoms with Gasteiger partial charge in [-0.15, -0.1) is 0 Å². The van der Waals surface area contributed by atoms with Crippen LogP contribution in [0.15, 0.2) is 35.5 Å². The van der Waals surface area contributed by atoms with Crippen molar-refractivity contribution < 1.29 is 27.1 Å². The first-order valence-electron chi connectivity index (χ1n) is 5.50. The number of sulfonamides is 1. The first kappa shape index (κ1) is 14.9. The molecule has 0 saturated heterocycles. The molecular weight excluding hydrogens is 308 g/mol. The minimum absolute atomic E-state index is 0.340. The lowest BCUT2D eigenvalue weighted by atomic mass is 10.3. The second-order valence-electron chi connectivity index (χ2n) is 4.00. The van der Waals surface area contributed by atoms with Crippen LogP contribution in [0.3, 0.4) is 0 Å². The molecule has 0 bridgehead atoms. The Kier molecular flexibility index (Phi) is 3.89. The van der Waals surface area contributed by atoms with Gasteiger partial charge in [0.25, 0.3) is 10.0 Å². The van der Waals surface area contributed by atoms with Crippen LogP contribution in [0.25, 0.3) is 0 Å².